The molecule has 31 heavy (non-hydrogen) atoms. The van der Waals surface area contributed by atoms with E-state index in [9.17, 15) is 17.6 Å². The van der Waals surface area contributed by atoms with Crippen molar-refractivity contribution in [1.82, 2.24) is 19.6 Å². The summed E-state index contributed by atoms with van der Waals surface area (Å²) in [5.41, 5.74) is 0.700. The lowest BCUT2D eigenvalue weighted by atomic mass is 10.1. The molecule has 0 spiro atoms. The highest BCUT2D eigenvalue weighted by Crippen LogP contribution is 2.24. The van der Waals surface area contributed by atoms with Gasteiger partial charge >= 0.3 is 0 Å². The number of methoxy groups -OCH3 is 1. The third-order valence-electron chi connectivity index (χ3n) is 4.68. The Balaban J connectivity index is 1.85. The molecule has 0 saturated heterocycles. The van der Waals surface area contributed by atoms with Crippen molar-refractivity contribution in [3.8, 4) is 5.75 Å². The third kappa shape index (κ3) is 5.09. The van der Waals surface area contributed by atoms with E-state index in [1.807, 2.05) is 0 Å². The first kappa shape index (κ1) is 22.4. The van der Waals surface area contributed by atoms with Gasteiger partial charge in [0.1, 0.15) is 28.3 Å². The fourth-order valence-corrected chi connectivity index (χ4v) is 4.33. The number of nitrogens with one attached hydrogen (secondary N) is 2. The smallest absolute Gasteiger partial charge is 0.244 e. The molecule has 0 aliphatic rings. The predicted octanol–water partition coefficient (Wildman–Crippen LogP) is 2.14. The van der Waals surface area contributed by atoms with Crippen molar-refractivity contribution in [1.29, 1.82) is 0 Å². The van der Waals surface area contributed by atoms with Crippen LogP contribution in [0, 0.1) is 5.82 Å². The zero-order valence-electron chi connectivity index (χ0n) is 17.2. The van der Waals surface area contributed by atoms with Gasteiger partial charge in [0.2, 0.25) is 15.9 Å². The quantitative estimate of drug-likeness (QED) is 0.552. The zero-order chi connectivity index (χ0) is 22.6. The minimum Gasteiger partial charge on any atom is -0.497 e. The Bertz CT molecular complexity index is 1180. The number of imidazole rings is 1. The molecule has 0 aliphatic heterocycles. The van der Waals surface area contributed by atoms with Gasteiger partial charge in [0, 0.05) is 19.4 Å². The molecule has 1 unspecified atom stereocenters. The van der Waals surface area contributed by atoms with Gasteiger partial charge in [0.25, 0.3) is 0 Å². The molecular weight excluding hydrogens is 423 g/mol. The average Bonchev–Trinajstić information content (AvgIpc) is 3.17. The van der Waals surface area contributed by atoms with Gasteiger partial charge in [0.15, 0.2) is 0 Å². The molecule has 0 radical (unpaired) electrons. The Kier molecular flexibility index (Phi) is 6.71. The van der Waals surface area contributed by atoms with E-state index in [1.54, 1.807) is 48.3 Å². The van der Waals surface area contributed by atoms with Gasteiger partial charge in [-0.3, -0.25) is 4.79 Å². The Hall–Kier alpha value is -3.24. The van der Waals surface area contributed by atoms with E-state index >= 15 is 0 Å². The number of amides is 1. The number of aromatic nitrogens is 2. The number of hydrogen-bond acceptors (Lipinski definition) is 5. The molecule has 0 bridgehead atoms. The number of rotatable bonds is 8. The number of nitrogens with zero attached hydrogens (tertiary/aromatic N) is 2. The van der Waals surface area contributed by atoms with Crippen molar-refractivity contribution < 1.29 is 22.3 Å². The second-order valence-electron chi connectivity index (χ2n) is 6.89. The summed E-state index contributed by atoms with van der Waals surface area (Å²) in [6, 6.07) is 10.2. The largest absolute Gasteiger partial charge is 0.497 e. The Morgan fingerprint density at radius 1 is 1.19 bits per heavy atom. The van der Waals surface area contributed by atoms with Crippen LogP contribution in [0.3, 0.4) is 0 Å². The van der Waals surface area contributed by atoms with Crippen molar-refractivity contribution in [2.75, 3.05) is 7.11 Å². The van der Waals surface area contributed by atoms with E-state index in [2.05, 4.69) is 15.0 Å². The van der Waals surface area contributed by atoms with Crippen LogP contribution in [0.1, 0.15) is 24.4 Å². The summed E-state index contributed by atoms with van der Waals surface area (Å²) in [6.45, 7) is 1.38. The van der Waals surface area contributed by atoms with E-state index in [0.29, 0.717) is 17.1 Å². The lowest BCUT2D eigenvalue weighted by molar-refractivity contribution is -0.122. The van der Waals surface area contributed by atoms with Gasteiger partial charge in [-0.1, -0.05) is 24.3 Å². The van der Waals surface area contributed by atoms with Gasteiger partial charge in [-0.05, 0) is 36.8 Å². The van der Waals surface area contributed by atoms with E-state index in [1.165, 1.54) is 26.2 Å². The number of carbonyl (C=O) groups excluding carboxylic acids is 1. The molecule has 8 nitrogen and oxygen atoms in total. The summed E-state index contributed by atoms with van der Waals surface area (Å²) in [6.07, 6.45) is 3.33. The molecule has 164 valence electrons. The van der Waals surface area contributed by atoms with Crippen LogP contribution in [-0.4, -0.2) is 37.0 Å². The highest BCUT2D eigenvalue weighted by atomic mass is 32.2. The maximum Gasteiger partial charge on any atom is 0.244 e. The highest BCUT2D eigenvalue weighted by Gasteiger charge is 2.28. The minimum absolute atomic E-state index is 0.525. The Morgan fingerprint density at radius 2 is 1.94 bits per heavy atom. The van der Waals surface area contributed by atoms with Crippen LogP contribution in [0.2, 0.25) is 0 Å². The SMILES string of the molecule is COc1cccc(C(NC(=O)[C@H](C)NS(=O)(=O)c2ccccc2F)c2nccn2C)c1. The maximum absolute atomic E-state index is 13.9. The number of benzene rings is 2. The summed E-state index contributed by atoms with van der Waals surface area (Å²) < 4.78 is 48.2. The van der Waals surface area contributed by atoms with Crippen LogP contribution in [0.5, 0.6) is 5.75 Å². The first-order valence-corrected chi connectivity index (χ1v) is 10.9. The van der Waals surface area contributed by atoms with Crippen molar-refractivity contribution in [2.24, 2.45) is 7.05 Å². The second kappa shape index (κ2) is 9.27. The van der Waals surface area contributed by atoms with Crippen LogP contribution < -0.4 is 14.8 Å². The highest BCUT2D eigenvalue weighted by molar-refractivity contribution is 7.89. The Morgan fingerprint density at radius 3 is 2.58 bits per heavy atom. The summed E-state index contributed by atoms with van der Waals surface area (Å²) in [5, 5.41) is 2.82. The maximum atomic E-state index is 13.9. The third-order valence-corrected chi connectivity index (χ3v) is 6.26. The van der Waals surface area contributed by atoms with Crippen LogP contribution in [0.25, 0.3) is 0 Å². The molecule has 2 atom stereocenters. The van der Waals surface area contributed by atoms with Crippen LogP contribution in [-0.2, 0) is 21.9 Å². The number of halogens is 1. The molecular formula is C21H23FN4O4S. The van der Waals surface area contributed by atoms with Crippen LogP contribution in [0.4, 0.5) is 4.39 Å². The summed E-state index contributed by atoms with van der Waals surface area (Å²) in [7, 11) is -0.916. The normalized spacial score (nSPS) is 13.4. The van der Waals surface area contributed by atoms with Gasteiger partial charge in [-0.25, -0.2) is 17.8 Å². The Labute approximate surface area is 180 Å². The number of hydrogen-bond donors (Lipinski definition) is 2. The first-order chi connectivity index (χ1) is 14.7. The lowest BCUT2D eigenvalue weighted by Crippen LogP contribution is -2.46. The molecule has 0 fully saturated rings. The van der Waals surface area contributed by atoms with Crippen molar-refractivity contribution in [3.63, 3.8) is 0 Å². The van der Waals surface area contributed by atoms with E-state index in [0.717, 1.165) is 12.1 Å². The summed E-state index contributed by atoms with van der Waals surface area (Å²) in [5.74, 6) is -0.356. The van der Waals surface area contributed by atoms with Crippen molar-refractivity contribution >= 4 is 15.9 Å². The standard InChI is InChI=1S/C21H23FN4O4S/c1-14(25-31(28,29)18-10-5-4-9-17(18)22)21(27)24-19(20-23-11-12-26(20)2)15-7-6-8-16(13-15)30-3/h4-14,19,25H,1-3H3,(H,24,27)/t14-,19?/m0/s1. The molecule has 1 heterocycles. The predicted molar refractivity (Wildman–Crippen MR) is 112 cm³/mol. The van der Waals surface area contributed by atoms with Gasteiger partial charge < -0.3 is 14.6 Å². The van der Waals surface area contributed by atoms with Crippen LogP contribution in [0.15, 0.2) is 65.8 Å². The van der Waals surface area contributed by atoms with E-state index in [4.69, 9.17) is 4.74 Å². The molecule has 2 aromatic carbocycles. The average molecular weight is 447 g/mol. The lowest BCUT2D eigenvalue weighted by Gasteiger charge is -2.22. The monoisotopic (exact) mass is 446 g/mol. The van der Waals surface area contributed by atoms with Gasteiger partial charge in [0.05, 0.1) is 13.2 Å². The van der Waals surface area contributed by atoms with Gasteiger partial charge in [-0.15, -0.1) is 0 Å². The summed E-state index contributed by atoms with van der Waals surface area (Å²) >= 11 is 0. The molecule has 1 amide bonds. The van der Waals surface area contributed by atoms with Crippen molar-refractivity contribution in [2.45, 2.75) is 23.9 Å². The molecule has 2 N–H and O–H groups in total. The molecule has 1 aromatic heterocycles. The molecule has 3 aromatic rings. The molecule has 0 saturated carbocycles. The topological polar surface area (TPSA) is 102 Å². The number of carbonyl (C=O) groups is 1. The van der Waals surface area contributed by atoms with Crippen LogP contribution >= 0.6 is 0 Å². The van der Waals surface area contributed by atoms with E-state index in [-0.39, 0.29) is 0 Å². The minimum atomic E-state index is -4.23. The summed E-state index contributed by atoms with van der Waals surface area (Å²) in [4.78, 5) is 16.7. The molecule has 0 aliphatic carbocycles. The number of aryl methyl sites for hydroxylation is 1. The van der Waals surface area contributed by atoms with Crippen molar-refractivity contribution in [3.05, 3.63) is 78.1 Å². The molecule has 3 rings (SSSR count). The fraction of sp³-hybridized carbons (Fsp3) is 0.238. The zero-order valence-corrected chi connectivity index (χ0v) is 18.1. The number of ether oxygens (including phenoxy) is 1. The second-order valence-corrected chi connectivity index (χ2v) is 8.57. The first-order valence-electron chi connectivity index (χ1n) is 9.41. The van der Waals surface area contributed by atoms with Gasteiger partial charge in [-0.2, -0.15) is 4.72 Å². The molecule has 10 heteroatoms. The number of sulfonamides is 1. The fourth-order valence-electron chi connectivity index (χ4n) is 3.05. The van der Waals surface area contributed by atoms with E-state index < -0.39 is 38.7 Å².